The number of benzene rings is 1. The first-order valence-electron chi connectivity index (χ1n) is 8.13. The Bertz CT molecular complexity index is 815. The van der Waals surface area contributed by atoms with E-state index in [1.165, 1.54) is 5.56 Å². The Kier molecular flexibility index (Phi) is 4.01. The van der Waals surface area contributed by atoms with E-state index in [9.17, 15) is 0 Å². The topological polar surface area (TPSA) is 43.0 Å². The highest BCUT2D eigenvalue weighted by molar-refractivity contribution is 5.64. The third-order valence-corrected chi connectivity index (χ3v) is 4.26. The fourth-order valence-electron chi connectivity index (χ4n) is 2.87. The minimum absolute atomic E-state index is 0.495. The summed E-state index contributed by atoms with van der Waals surface area (Å²) in [5, 5.41) is 4.21. The number of hydrogen-bond acceptors (Lipinski definition) is 4. The molecule has 0 bridgehead atoms. The molecule has 1 aliphatic rings. The van der Waals surface area contributed by atoms with Gasteiger partial charge >= 0.3 is 0 Å². The van der Waals surface area contributed by atoms with E-state index in [4.69, 9.17) is 4.74 Å². The molecular formula is C19H20N4O. The molecule has 2 aromatic heterocycles. The molecule has 0 saturated carbocycles. The Morgan fingerprint density at radius 3 is 2.83 bits per heavy atom. The first kappa shape index (κ1) is 14.9. The number of rotatable bonds is 6. The lowest BCUT2D eigenvalue weighted by Gasteiger charge is -2.08. The van der Waals surface area contributed by atoms with Crippen molar-refractivity contribution in [3.8, 4) is 16.9 Å². The van der Waals surface area contributed by atoms with Gasteiger partial charge < -0.3 is 4.74 Å². The van der Waals surface area contributed by atoms with Crippen LogP contribution in [0.3, 0.4) is 0 Å². The van der Waals surface area contributed by atoms with Crippen molar-refractivity contribution in [3.63, 3.8) is 0 Å². The Labute approximate surface area is 141 Å². The molecule has 5 heteroatoms. The van der Waals surface area contributed by atoms with Gasteiger partial charge in [-0.05, 0) is 35.4 Å². The van der Waals surface area contributed by atoms with Crippen molar-refractivity contribution >= 4 is 0 Å². The van der Waals surface area contributed by atoms with E-state index in [2.05, 4.69) is 33.3 Å². The summed E-state index contributed by atoms with van der Waals surface area (Å²) < 4.78 is 7.83. The molecule has 1 aliphatic heterocycles. The molecular weight excluding hydrogens is 300 g/mol. The van der Waals surface area contributed by atoms with Gasteiger partial charge in [-0.25, -0.2) is 0 Å². The van der Waals surface area contributed by atoms with E-state index in [0.29, 0.717) is 6.04 Å². The second-order valence-electron chi connectivity index (χ2n) is 6.18. The highest BCUT2D eigenvalue weighted by Gasteiger charge is 2.34. The molecule has 0 aliphatic carbocycles. The summed E-state index contributed by atoms with van der Waals surface area (Å²) in [5.74, 6) is 0.914. The number of aryl methyl sites for hydroxylation is 1. The van der Waals surface area contributed by atoms with Crippen molar-refractivity contribution in [2.75, 3.05) is 13.2 Å². The third kappa shape index (κ3) is 3.46. The average Bonchev–Trinajstić information content (AvgIpc) is 3.23. The highest BCUT2D eigenvalue weighted by atomic mass is 16.5. The van der Waals surface area contributed by atoms with Crippen LogP contribution in [-0.2, 0) is 13.6 Å². The number of hydrogen-bond donors (Lipinski definition) is 0. The lowest BCUT2D eigenvalue weighted by atomic mass is 10.1. The van der Waals surface area contributed by atoms with Crippen LogP contribution < -0.4 is 4.74 Å². The van der Waals surface area contributed by atoms with Gasteiger partial charge in [0.05, 0.1) is 12.2 Å². The number of nitrogens with zero attached hydrogens (tertiary/aromatic N) is 4. The fraction of sp³-hybridized carbons (Fsp3) is 0.263. The Hall–Kier alpha value is -2.66. The molecule has 0 N–H and O–H groups in total. The van der Waals surface area contributed by atoms with Crippen LogP contribution in [0.15, 0.2) is 61.2 Å². The maximum absolute atomic E-state index is 5.99. The van der Waals surface area contributed by atoms with Crippen LogP contribution in [0, 0.1) is 0 Å². The maximum atomic E-state index is 5.99. The van der Waals surface area contributed by atoms with Crippen molar-refractivity contribution in [1.82, 2.24) is 19.7 Å². The smallest absolute Gasteiger partial charge is 0.119 e. The first-order chi connectivity index (χ1) is 11.8. The van der Waals surface area contributed by atoms with E-state index < -0.39 is 0 Å². The zero-order valence-electron chi connectivity index (χ0n) is 13.7. The number of pyridine rings is 1. The molecule has 0 amide bonds. The van der Waals surface area contributed by atoms with Gasteiger partial charge in [-0.1, -0.05) is 12.1 Å². The Balaban J connectivity index is 1.32. The predicted molar refractivity (Wildman–Crippen MR) is 92.6 cm³/mol. The molecule has 0 spiro atoms. The molecule has 2 unspecified atom stereocenters. The molecule has 4 rings (SSSR count). The molecule has 3 heterocycles. The van der Waals surface area contributed by atoms with Gasteiger partial charge in [-0.3, -0.25) is 14.6 Å². The Morgan fingerprint density at radius 2 is 2.04 bits per heavy atom. The van der Waals surface area contributed by atoms with E-state index in [0.717, 1.165) is 36.6 Å². The van der Waals surface area contributed by atoms with Crippen molar-refractivity contribution in [3.05, 3.63) is 66.7 Å². The highest BCUT2D eigenvalue weighted by Crippen LogP contribution is 2.25. The van der Waals surface area contributed by atoms with E-state index in [-0.39, 0.29) is 0 Å². The molecule has 3 aromatic rings. The minimum atomic E-state index is 0.495. The summed E-state index contributed by atoms with van der Waals surface area (Å²) in [5.41, 5.74) is 3.55. The molecule has 1 aromatic carbocycles. The molecule has 0 radical (unpaired) electrons. The van der Waals surface area contributed by atoms with Gasteiger partial charge in [0.1, 0.15) is 12.4 Å². The van der Waals surface area contributed by atoms with Gasteiger partial charge in [0.2, 0.25) is 0 Å². The summed E-state index contributed by atoms with van der Waals surface area (Å²) in [6.07, 6.45) is 7.61. The van der Waals surface area contributed by atoms with Crippen LogP contribution in [0.2, 0.25) is 0 Å². The van der Waals surface area contributed by atoms with Gasteiger partial charge in [0.15, 0.2) is 0 Å². The third-order valence-electron chi connectivity index (χ3n) is 4.26. The average molecular weight is 320 g/mol. The van der Waals surface area contributed by atoms with Crippen molar-refractivity contribution in [2.24, 2.45) is 7.05 Å². The van der Waals surface area contributed by atoms with Crippen LogP contribution in [0.4, 0.5) is 0 Å². The van der Waals surface area contributed by atoms with Crippen molar-refractivity contribution in [2.45, 2.75) is 12.6 Å². The molecule has 5 nitrogen and oxygen atoms in total. The SMILES string of the molecule is Cn1cc(CN2CC2COc2cccc(-c3ccncc3)c2)cn1. The quantitative estimate of drug-likeness (QED) is 0.655. The lowest BCUT2D eigenvalue weighted by molar-refractivity contribution is 0.293. The minimum Gasteiger partial charge on any atom is -0.492 e. The number of ether oxygens (including phenoxy) is 1. The first-order valence-corrected chi connectivity index (χ1v) is 8.13. The second-order valence-corrected chi connectivity index (χ2v) is 6.18. The van der Waals surface area contributed by atoms with Crippen LogP contribution in [-0.4, -0.2) is 38.9 Å². The summed E-state index contributed by atoms with van der Waals surface area (Å²) in [4.78, 5) is 6.46. The maximum Gasteiger partial charge on any atom is 0.119 e. The summed E-state index contributed by atoms with van der Waals surface area (Å²) in [7, 11) is 1.95. The van der Waals surface area contributed by atoms with Crippen LogP contribution in [0.5, 0.6) is 5.75 Å². The van der Waals surface area contributed by atoms with Gasteiger partial charge in [-0.2, -0.15) is 5.10 Å². The zero-order chi connectivity index (χ0) is 16.4. The van der Waals surface area contributed by atoms with Crippen LogP contribution >= 0.6 is 0 Å². The summed E-state index contributed by atoms with van der Waals surface area (Å²) in [6.45, 7) is 2.75. The van der Waals surface area contributed by atoms with Crippen LogP contribution in [0.25, 0.3) is 11.1 Å². The zero-order valence-corrected chi connectivity index (χ0v) is 13.7. The lowest BCUT2D eigenvalue weighted by Crippen LogP contribution is -2.10. The van der Waals surface area contributed by atoms with Gasteiger partial charge in [0, 0.05) is 44.3 Å². The monoisotopic (exact) mass is 320 g/mol. The van der Waals surface area contributed by atoms with E-state index in [1.54, 1.807) is 0 Å². The largest absolute Gasteiger partial charge is 0.492 e. The molecule has 122 valence electrons. The van der Waals surface area contributed by atoms with Crippen molar-refractivity contribution in [1.29, 1.82) is 0 Å². The van der Waals surface area contributed by atoms with E-state index in [1.807, 2.05) is 54.6 Å². The molecule has 2 atom stereocenters. The molecule has 1 fully saturated rings. The van der Waals surface area contributed by atoms with Gasteiger partial charge in [-0.15, -0.1) is 0 Å². The normalized spacial score (nSPS) is 19.2. The van der Waals surface area contributed by atoms with Gasteiger partial charge in [0.25, 0.3) is 0 Å². The Morgan fingerprint density at radius 1 is 1.17 bits per heavy atom. The molecule has 24 heavy (non-hydrogen) atoms. The summed E-state index contributed by atoms with van der Waals surface area (Å²) in [6, 6.07) is 12.7. The second kappa shape index (κ2) is 6.45. The standard InChI is InChI=1S/C19H20N4O/c1-22-11-15(10-21-22)12-23-13-18(23)14-24-19-4-2-3-17(9-19)16-5-7-20-8-6-16/h2-11,18H,12-14H2,1H3. The van der Waals surface area contributed by atoms with Crippen LogP contribution in [0.1, 0.15) is 5.56 Å². The fourth-order valence-corrected chi connectivity index (χ4v) is 2.87. The van der Waals surface area contributed by atoms with E-state index >= 15 is 0 Å². The number of aromatic nitrogens is 3. The van der Waals surface area contributed by atoms with Crippen molar-refractivity contribution < 1.29 is 4.74 Å². The summed E-state index contributed by atoms with van der Waals surface area (Å²) >= 11 is 0. The predicted octanol–water partition coefficient (Wildman–Crippen LogP) is 2.75. The molecule has 1 saturated heterocycles.